The van der Waals surface area contributed by atoms with E-state index in [2.05, 4.69) is 37.9 Å². The lowest BCUT2D eigenvalue weighted by Crippen LogP contribution is -2.02. The second-order valence-electron chi connectivity index (χ2n) is 4.90. The highest BCUT2D eigenvalue weighted by Gasteiger charge is 2.29. The van der Waals surface area contributed by atoms with E-state index in [4.69, 9.17) is 5.73 Å². The second kappa shape index (κ2) is 4.92. The summed E-state index contributed by atoms with van der Waals surface area (Å²) in [6, 6.07) is 0. The van der Waals surface area contributed by atoms with E-state index in [1.807, 2.05) is 10.9 Å². The first kappa shape index (κ1) is 12.6. The van der Waals surface area contributed by atoms with Crippen LogP contribution in [0.25, 0.3) is 11.4 Å². The molecule has 0 atom stereocenters. The molecule has 2 aromatic heterocycles. The first-order valence-corrected chi connectivity index (χ1v) is 7.34. The van der Waals surface area contributed by atoms with Crippen molar-refractivity contribution in [3.05, 3.63) is 22.6 Å². The SMILES string of the molecule is CCCn1cc(-c2nc(N)c(Br)c(C3CC3)n2)cn1. The Morgan fingerprint density at radius 2 is 2.21 bits per heavy atom. The van der Waals surface area contributed by atoms with Crippen LogP contribution in [0.5, 0.6) is 0 Å². The number of rotatable bonds is 4. The predicted octanol–water partition coefficient (Wildman–Crippen LogP) is 2.97. The molecule has 1 saturated carbocycles. The van der Waals surface area contributed by atoms with E-state index in [0.717, 1.165) is 28.7 Å². The minimum Gasteiger partial charge on any atom is -0.383 e. The zero-order chi connectivity index (χ0) is 13.4. The summed E-state index contributed by atoms with van der Waals surface area (Å²) in [5.74, 6) is 1.71. The molecule has 2 N–H and O–H groups in total. The molecule has 1 aliphatic carbocycles. The molecule has 6 heteroatoms. The van der Waals surface area contributed by atoms with Gasteiger partial charge in [-0.2, -0.15) is 5.10 Å². The molecule has 0 radical (unpaired) electrons. The van der Waals surface area contributed by atoms with Crippen LogP contribution in [0.15, 0.2) is 16.9 Å². The zero-order valence-corrected chi connectivity index (χ0v) is 12.4. The van der Waals surface area contributed by atoms with Crippen molar-refractivity contribution in [3.8, 4) is 11.4 Å². The number of hydrogen-bond donors (Lipinski definition) is 1. The molecule has 0 unspecified atom stereocenters. The van der Waals surface area contributed by atoms with Gasteiger partial charge in [-0.15, -0.1) is 0 Å². The van der Waals surface area contributed by atoms with E-state index >= 15 is 0 Å². The lowest BCUT2D eigenvalue weighted by Gasteiger charge is -2.06. The zero-order valence-electron chi connectivity index (χ0n) is 10.8. The van der Waals surface area contributed by atoms with Gasteiger partial charge in [-0.3, -0.25) is 4.68 Å². The van der Waals surface area contributed by atoms with Gasteiger partial charge in [0.2, 0.25) is 0 Å². The maximum Gasteiger partial charge on any atom is 0.165 e. The predicted molar refractivity (Wildman–Crippen MR) is 77.6 cm³/mol. The fraction of sp³-hybridized carbons (Fsp3) is 0.462. The molecule has 0 spiro atoms. The summed E-state index contributed by atoms with van der Waals surface area (Å²) in [6.07, 6.45) is 7.20. The van der Waals surface area contributed by atoms with Gasteiger partial charge in [-0.1, -0.05) is 6.92 Å². The highest BCUT2D eigenvalue weighted by molar-refractivity contribution is 9.10. The number of nitrogen functional groups attached to an aromatic ring is 1. The first-order chi connectivity index (χ1) is 9.19. The molecule has 2 aromatic rings. The monoisotopic (exact) mass is 321 g/mol. The third-order valence-electron chi connectivity index (χ3n) is 3.21. The molecule has 0 aromatic carbocycles. The Morgan fingerprint density at radius 1 is 1.42 bits per heavy atom. The molecule has 3 rings (SSSR count). The minimum atomic E-state index is 0.509. The fourth-order valence-electron chi connectivity index (χ4n) is 2.07. The van der Waals surface area contributed by atoms with E-state index in [1.165, 1.54) is 12.8 Å². The molecule has 0 saturated heterocycles. The largest absolute Gasteiger partial charge is 0.383 e. The van der Waals surface area contributed by atoms with Crippen molar-refractivity contribution in [2.45, 2.75) is 38.6 Å². The van der Waals surface area contributed by atoms with E-state index in [-0.39, 0.29) is 0 Å². The Morgan fingerprint density at radius 3 is 2.89 bits per heavy atom. The van der Waals surface area contributed by atoms with Crippen molar-refractivity contribution >= 4 is 21.7 Å². The molecule has 0 aliphatic heterocycles. The van der Waals surface area contributed by atoms with Crippen LogP contribution in [0.4, 0.5) is 5.82 Å². The highest BCUT2D eigenvalue weighted by Crippen LogP contribution is 2.43. The Bertz CT molecular complexity index is 603. The van der Waals surface area contributed by atoms with Gasteiger partial charge in [0.1, 0.15) is 5.82 Å². The van der Waals surface area contributed by atoms with Crippen molar-refractivity contribution in [2.24, 2.45) is 0 Å². The maximum atomic E-state index is 5.96. The van der Waals surface area contributed by atoms with Gasteiger partial charge in [0.25, 0.3) is 0 Å². The quantitative estimate of drug-likeness (QED) is 0.939. The Labute approximate surface area is 120 Å². The van der Waals surface area contributed by atoms with Crippen LogP contribution >= 0.6 is 15.9 Å². The fourth-order valence-corrected chi connectivity index (χ4v) is 2.57. The first-order valence-electron chi connectivity index (χ1n) is 6.54. The summed E-state index contributed by atoms with van der Waals surface area (Å²) in [6.45, 7) is 3.03. The highest BCUT2D eigenvalue weighted by atomic mass is 79.9. The van der Waals surface area contributed by atoms with Gasteiger partial charge in [0.05, 0.1) is 21.9 Å². The molecule has 1 aliphatic rings. The van der Waals surface area contributed by atoms with E-state index in [9.17, 15) is 0 Å². The molecule has 100 valence electrons. The Kier molecular flexibility index (Phi) is 3.26. The standard InChI is InChI=1S/C13H16BrN5/c1-2-5-19-7-9(6-16-19)13-17-11(8-3-4-8)10(14)12(15)18-13/h6-8H,2-5H2,1H3,(H2,15,17,18). The summed E-state index contributed by atoms with van der Waals surface area (Å²) >= 11 is 3.49. The molecule has 0 amide bonds. The number of aryl methyl sites for hydroxylation is 1. The number of anilines is 1. The lowest BCUT2D eigenvalue weighted by atomic mass is 10.2. The molecule has 0 bridgehead atoms. The Hall–Kier alpha value is -1.43. The normalized spacial score (nSPS) is 14.8. The third-order valence-corrected chi connectivity index (χ3v) is 4.02. The van der Waals surface area contributed by atoms with Gasteiger partial charge in [0.15, 0.2) is 5.82 Å². The second-order valence-corrected chi connectivity index (χ2v) is 5.69. The number of nitrogens with two attached hydrogens (primary N) is 1. The number of aromatic nitrogens is 4. The number of nitrogens with zero attached hydrogens (tertiary/aromatic N) is 4. The van der Waals surface area contributed by atoms with Crippen LogP contribution in [0, 0.1) is 0 Å². The summed E-state index contributed by atoms with van der Waals surface area (Å²) in [4.78, 5) is 9.00. The van der Waals surface area contributed by atoms with E-state index in [1.54, 1.807) is 6.20 Å². The maximum absolute atomic E-state index is 5.96. The summed E-state index contributed by atoms with van der Waals surface area (Å²) < 4.78 is 2.76. The summed E-state index contributed by atoms with van der Waals surface area (Å²) in [5, 5.41) is 4.31. The van der Waals surface area contributed by atoms with Crippen molar-refractivity contribution < 1.29 is 0 Å². The van der Waals surface area contributed by atoms with Gasteiger partial charge in [0, 0.05) is 18.7 Å². The van der Waals surface area contributed by atoms with Crippen molar-refractivity contribution in [1.29, 1.82) is 0 Å². The van der Waals surface area contributed by atoms with Gasteiger partial charge < -0.3 is 5.73 Å². The molecule has 19 heavy (non-hydrogen) atoms. The molecule has 5 nitrogen and oxygen atoms in total. The van der Waals surface area contributed by atoms with Crippen LogP contribution in [0.3, 0.4) is 0 Å². The summed E-state index contributed by atoms with van der Waals surface area (Å²) in [7, 11) is 0. The average Bonchev–Trinajstić information content (AvgIpc) is 3.13. The minimum absolute atomic E-state index is 0.509. The average molecular weight is 322 g/mol. The van der Waals surface area contributed by atoms with Gasteiger partial charge >= 0.3 is 0 Å². The van der Waals surface area contributed by atoms with Crippen molar-refractivity contribution in [1.82, 2.24) is 19.7 Å². The summed E-state index contributed by atoms with van der Waals surface area (Å²) in [5.41, 5.74) is 7.92. The van der Waals surface area contributed by atoms with Gasteiger partial charge in [-0.25, -0.2) is 9.97 Å². The van der Waals surface area contributed by atoms with Crippen molar-refractivity contribution in [2.75, 3.05) is 5.73 Å². The van der Waals surface area contributed by atoms with Crippen LogP contribution < -0.4 is 5.73 Å². The Balaban J connectivity index is 1.99. The number of hydrogen-bond acceptors (Lipinski definition) is 4. The molecular weight excluding hydrogens is 306 g/mol. The van der Waals surface area contributed by atoms with E-state index in [0.29, 0.717) is 17.6 Å². The van der Waals surface area contributed by atoms with Crippen molar-refractivity contribution in [3.63, 3.8) is 0 Å². The van der Waals surface area contributed by atoms with Crippen LogP contribution in [0.2, 0.25) is 0 Å². The molecule has 1 fully saturated rings. The number of halogens is 1. The molecule has 2 heterocycles. The molecular formula is C13H16BrN5. The van der Waals surface area contributed by atoms with Crippen LogP contribution in [-0.4, -0.2) is 19.7 Å². The van der Waals surface area contributed by atoms with E-state index < -0.39 is 0 Å². The lowest BCUT2D eigenvalue weighted by molar-refractivity contribution is 0.603. The van der Waals surface area contributed by atoms with Crippen LogP contribution in [0.1, 0.15) is 37.8 Å². The van der Waals surface area contributed by atoms with Crippen LogP contribution in [-0.2, 0) is 6.54 Å². The topological polar surface area (TPSA) is 69.6 Å². The van der Waals surface area contributed by atoms with Gasteiger partial charge in [-0.05, 0) is 35.2 Å². The third kappa shape index (κ3) is 2.49. The smallest absolute Gasteiger partial charge is 0.165 e.